The Bertz CT molecular complexity index is 978. The van der Waals surface area contributed by atoms with E-state index >= 15 is 0 Å². The highest BCUT2D eigenvalue weighted by Gasteiger charge is 2.15. The summed E-state index contributed by atoms with van der Waals surface area (Å²) in [6.07, 6.45) is 1.60. The molecule has 0 atom stereocenters. The average Bonchev–Trinajstić information content (AvgIpc) is 3.15. The van der Waals surface area contributed by atoms with E-state index in [4.69, 9.17) is 11.6 Å². The number of thiophene rings is 1. The second-order valence-corrected chi connectivity index (χ2v) is 8.42. The maximum atomic E-state index is 5.99. The summed E-state index contributed by atoms with van der Waals surface area (Å²) in [7, 11) is 0. The Hall–Kier alpha value is -1.54. The van der Waals surface area contributed by atoms with Crippen molar-refractivity contribution in [3.8, 4) is 11.1 Å². The smallest absolute Gasteiger partial charge is 0.180 e. The lowest BCUT2D eigenvalue weighted by Gasteiger charge is -2.03. The molecule has 0 spiro atoms. The van der Waals surface area contributed by atoms with Gasteiger partial charge in [-0.2, -0.15) is 0 Å². The number of hydrogen-bond acceptors (Lipinski definition) is 7. The van der Waals surface area contributed by atoms with Crippen LogP contribution in [-0.4, -0.2) is 20.2 Å². The Morgan fingerprint density at radius 1 is 1.09 bits per heavy atom. The fourth-order valence-corrected chi connectivity index (χ4v) is 5.11. The first-order valence-corrected chi connectivity index (χ1v) is 9.56. The molecule has 0 fully saturated rings. The van der Waals surface area contributed by atoms with E-state index in [-0.39, 0.29) is 0 Å². The van der Waals surface area contributed by atoms with Crippen molar-refractivity contribution < 1.29 is 0 Å². The largest absolute Gasteiger partial charge is 0.229 e. The van der Waals surface area contributed by atoms with Gasteiger partial charge in [0.25, 0.3) is 0 Å². The van der Waals surface area contributed by atoms with Crippen LogP contribution in [0, 0.1) is 6.92 Å². The monoisotopic (exact) mass is 376 g/mol. The molecule has 0 bridgehead atoms. The molecular weight excluding hydrogens is 368 g/mol. The van der Waals surface area contributed by atoms with Crippen LogP contribution in [0.15, 0.2) is 45.3 Å². The molecule has 4 aromatic rings. The van der Waals surface area contributed by atoms with E-state index in [1.54, 1.807) is 29.0 Å². The van der Waals surface area contributed by atoms with Crippen molar-refractivity contribution in [1.82, 2.24) is 20.2 Å². The highest BCUT2D eigenvalue weighted by molar-refractivity contribution is 8.01. The Labute approximate surface area is 149 Å². The van der Waals surface area contributed by atoms with Crippen LogP contribution in [-0.2, 0) is 0 Å². The summed E-state index contributed by atoms with van der Waals surface area (Å²) in [6, 6.07) is 7.82. The summed E-state index contributed by atoms with van der Waals surface area (Å²) >= 11 is 10.7. The van der Waals surface area contributed by atoms with E-state index < -0.39 is 0 Å². The van der Waals surface area contributed by atoms with Crippen LogP contribution >= 0.6 is 46.0 Å². The van der Waals surface area contributed by atoms with Crippen molar-refractivity contribution in [2.24, 2.45) is 0 Å². The molecule has 8 heteroatoms. The summed E-state index contributed by atoms with van der Waals surface area (Å²) in [6.45, 7) is 1.95. The highest BCUT2D eigenvalue weighted by atomic mass is 35.5. The van der Waals surface area contributed by atoms with Crippen molar-refractivity contribution in [3.05, 3.63) is 46.0 Å². The zero-order valence-corrected chi connectivity index (χ0v) is 15.1. The molecule has 1 aromatic carbocycles. The number of fused-ring (bicyclic) bond motifs is 1. The van der Waals surface area contributed by atoms with Crippen molar-refractivity contribution in [3.63, 3.8) is 0 Å². The number of aromatic nitrogens is 4. The molecule has 0 aliphatic rings. The number of aryl methyl sites for hydroxylation is 1. The van der Waals surface area contributed by atoms with Crippen LogP contribution in [0.2, 0.25) is 5.02 Å². The lowest BCUT2D eigenvalue weighted by molar-refractivity contribution is 0.981. The Morgan fingerprint density at radius 3 is 2.65 bits per heavy atom. The molecule has 0 amide bonds. The first-order chi connectivity index (χ1) is 11.2. The molecule has 0 aliphatic carbocycles. The first kappa shape index (κ1) is 15.0. The van der Waals surface area contributed by atoms with E-state index in [1.807, 2.05) is 31.2 Å². The van der Waals surface area contributed by atoms with Crippen LogP contribution in [0.1, 0.15) is 5.01 Å². The zero-order chi connectivity index (χ0) is 15.8. The minimum atomic E-state index is 0.725. The number of benzene rings is 1. The van der Waals surface area contributed by atoms with Crippen LogP contribution in [0.5, 0.6) is 0 Å². The summed E-state index contributed by atoms with van der Waals surface area (Å²) in [5.74, 6) is 0. The second-order valence-electron chi connectivity index (χ2n) is 4.70. The summed E-state index contributed by atoms with van der Waals surface area (Å²) in [5, 5.41) is 14.0. The number of rotatable bonds is 3. The third-order valence-corrected chi connectivity index (χ3v) is 6.21. The van der Waals surface area contributed by atoms with Gasteiger partial charge in [-0.25, -0.2) is 9.97 Å². The molecule has 0 saturated heterocycles. The zero-order valence-electron chi connectivity index (χ0n) is 11.9. The topological polar surface area (TPSA) is 51.6 Å². The quantitative estimate of drug-likeness (QED) is 0.453. The summed E-state index contributed by atoms with van der Waals surface area (Å²) in [5.41, 5.74) is 2.22. The number of hydrogen-bond donors (Lipinski definition) is 0. The third kappa shape index (κ3) is 2.97. The molecule has 0 saturated carbocycles. The van der Waals surface area contributed by atoms with Crippen molar-refractivity contribution in [2.45, 2.75) is 16.3 Å². The van der Waals surface area contributed by atoms with Crippen molar-refractivity contribution in [1.29, 1.82) is 0 Å². The molecule has 3 aromatic heterocycles. The maximum absolute atomic E-state index is 5.99. The molecule has 4 nitrogen and oxygen atoms in total. The minimum Gasteiger partial charge on any atom is -0.229 e. The molecule has 0 unspecified atom stereocenters. The molecule has 114 valence electrons. The van der Waals surface area contributed by atoms with E-state index in [2.05, 4.69) is 25.5 Å². The maximum Gasteiger partial charge on any atom is 0.180 e. The molecule has 0 N–H and O–H groups in total. The normalized spacial score (nSPS) is 11.2. The summed E-state index contributed by atoms with van der Waals surface area (Å²) < 4.78 is 0.885. The van der Waals surface area contributed by atoms with E-state index in [0.29, 0.717) is 0 Å². The molecule has 4 rings (SSSR count). The Morgan fingerprint density at radius 2 is 1.91 bits per heavy atom. The van der Waals surface area contributed by atoms with Gasteiger partial charge in [0.15, 0.2) is 4.34 Å². The second kappa shape index (κ2) is 6.16. The van der Waals surface area contributed by atoms with Gasteiger partial charge in [0, 0.05) is 16.0 Å². The number of nitrogens with zero attached hydrogens (tertiary/aromatic N) is 4. The predicted octanol–water partition coefficient (Wildman–Crippen LogP) is 5.32. The highest BCUT2D eigenvalue weighted by Crippen LogP contribution is 2.40. The molecule has 0 radical (unpaired) electrons. The minimum absolute atomic E-state index is 0.725. The van der Waals surface area contributed by atoms with Crippen molar-refractivity contribution >= 4 is 56.3 Å². The van der Waals surface area contributed by atoms with Gasteiger partial charge in [0.1, 0.15) is 21.2 Å². The van der Waals surface area contributed by atoms with Gasteiger partial charge in [-0.05, 0) is 36.4 Å². The van der Waals surface area contributed by atoms with Crippen molar-refractivity contribution in [2.75, 3.05) is 0 Å². The van der Waals surface area contributed by atoms with Gasteiger partial charge in [-0.3, -0.25) is 0 Å². The Kier molecular flexibility index (Phi) is 4.02. The standard InChI is InChI=1S/C15H9ClN4S3/c1-8-19-20-15(22-8)23-14-12-11(6-21-13(12)17-7-18-14)9-2-4-10(16)5-3-9/h2-7H,1H3. The lowest BCUT2D eigenvalue weighted by Crippen LogP contribution is -1.85. The lowest BCUT2D eigenvalue weighted by atomic mass is 10.1. The van der Waals surface area contributed by atoms with Gasteiger partial charge >= 0.3 is 0 Å². The van der Waals surface area contributed by atoms with Gasteiger partial charge in [-0.1, -0.05) is 35.1 Å². The molecule has 0 aliphatic heterocycles. The SMILES string of the molecule is Cc1nnc(Sc2ncnc3scc(-c4ccc(Cl)cc4)c23)s1. The Balaban J connectivity index is 1.84. The van der Waals surface area contributed by atoms with Crippen LogP contribution in [0.25, 0.3) is 21.3 Å². The fraction of sp³-hybridized carbons (Fsp3) is 0.0667. The van der Waals surface area contributed by atoms with Crippen LogP contribution < -0.4 is 0 Å². The van der Waals surface area contributed by atoms with Gasteiger partial charge < -0.3 is 0 Å². The van der Waals surface area contributed by atoms with E-state index in [9.17, 15) is 0 Å². The third-order valence-electron chi connectivity index (χ3n) is 3.18. The number of halogens is 1. The summed E-state index contributed by atoms with van der Waals surface area (Å²) in [4.78, 5) is 9.81. The molecule has 3 heterocycles. The van der Waals surface area contributed by atoms with E-state index in [1.165, 1.54) is 11.8 Å². The molecule has 23 heavy (non-hydrogen) atoms. The van der Waals surface area contributed by atoms with Crippen LogP contribution in [0.3, 0.4) is 0 Å². The van der Waals surface area contributed by atoms with Crippen LogP contribution in [0.4, 0.5) is 0 Å². The predicted molar refractivity (Wildman–Crippen MR) is 96.6 cm³/mol. The first-order valence-electron chi connectivity index (χ1n) is 6.67. The fourth-order valence-electron chi connectivity index (χ4n) is 2.17. The van der Waals surface area contributed by atoms with Gasteiger partial charge in [0.2, 0.25) is 0 Å². The average molecular weight is 377 g/mol. The van der Waals surface area contributed by atoms with Gasteiger partial charge in [-0.15, -0.1) is 21.5 Å². The van der Waals surface area contributed by atoms with E-state index in [0.717, 1.165) is 40.7 Å². The van der Waals surface area contributed by atoms with Gasteiger partial charge in [0.05, 0.1) is 5.39 Å². The molecular formula is C15H9ClN4S3.